The number of halogens is 6. The normalized spacial score (nSPS) is 8.69. The first-order valence-electron chi connectivity index (χ1n) is 2.44. The molecule has 0 N–H and O–H groups in total. The molecular formula is C6BrF5Mg. The quantitative estimate of drug-likeness (QED) is 0.183. The van der Waals surface area contributed by atoms with E-state index >= 15 is 0 Å². The Balaban J connectivity index is 0. The van der Waals surface area contributed by atoms with Gasteiger partial charge in [0, 0.05) is 0 Å². The maximum atomic E-state index is 12.0. The third-order valence-electron chi connectivity index (χ3n) is 0.990. The van der Waals surface area contributed by atoms with Crippen molar-refractivity contribution < 1.29 is 38.9 Å². The Bertz CT molecular complexity index is 277. The zero-order valence-corrected chi connectivity index (χ0v) is 8.98. The molecule has 0 aliphatic rings. The molecule has 68 valence electrons. The molecule has 0 heterocycles. The van der Waals surface area contributed by atoms with Crippen LogP contribution in [0.4, 0.5) is 22.0 Å². The van der Waals surface area contributed by atoms with Gasteiger partial charge in [-0.3, -0.25) is 8.78 Å². The number of benzene rings is 1. The molecule has 1 aromatic rings. The predicted molar refractivity (Wildman–Crippen MR) is 30.8 cm³/mol. The topological polar surface area (TPSA) is 0 Å². The maximum Gasteiger partial charge on any atom is 2.00 e. The molecule has 0 unspecified atom stereocenters. The van der Waals surface area contributed by atoms with Gasteiger partial charge in [0.05, 0.1) is 29.1 Å². The number of hydrogen-bond donors (Lipinski definition) is 0. The third-order valence-corrected chi connectivity index (χ3v) is 0.990. The average Bonchev–Trinajstić information content (AvgIpc) is 1.97. The number of rotatable bonds is 0. The molecule has 0 bridgehead atoms. The van der Waals surface area contributed by atoms with Gasteiger partial charge in [-0.15, -0.1) is 6.07 Å². The van der Waals surface area contributed by atoms with Gasteiger partial charge in [0.1, 0.15) is 0 Å². The van der Waals surface area contributed by atoms with E-state index in [0.29, 0.717) is 0 Å². The van der Waals surface area contributed by atoms with E-state index in [1.165, 1.54) is 0 Å². The number of hydrogen-bond acceptors (Lipinski definition) is 0. The summed E-state index contributed by atoms with van der Waals surface area (Å²) in [7, 11) is 0. The van der Waals surface area contributed by atoms with Gasteiger partial charge in [-0.1, -0.05) is 0 Å². The smallest absolute Gasteiger partial charge is 1.00 e. The van der Waals surface area contributed by atoms with Crippen LogP contribution in [0.2, 0.25) is 0 Å². The van der Waals surface area contributed by atoms with Crippen LogP contribution in [0.5, 0.6) is 0 Å². The van der Waals surface area contributed by atoms with E-state index in [1.807, 2.05) is 0 Å². The second-order valence-electron chi connectivity index (χ2n) is 1.69. The van der Waals surface area contributed by atoms with Gasteiger partial charge < -0.3 is 17.0 Å². The fourth-order valence-electron chi connectivity index (χ4n) is 0.495. The molecule has 1 rings (SSSR count). The molecule has 0 saturated heterocycles. The molecule has 0 atom stereocenters. The van der Waals surface area contributed by atoms with Crippen molar-refractivity contribution in [3.05, 3.63) is 35.2 Å². The van der Waals surface area contributed by atoms with Crippen molar-refractivity contribution in [3.8, 4) is 0 Å². The van der Waals surface area contributed by atoms with Gasteiger partial charge in [-0.2, -0.15) is 0 Å². The summed E-state index contributed by atoms with van der Waals surface area (Å²) in [5, 5.41) is 0. The van der Waals surface area contributed by atoms with Crippen LogP contribution in [0.15, 0.2) is 0 Å². The summed E-state index contributed by atoms with van der Waals surface area (Å²) in [6.45, 7) is 0. The molecular weight excluding hydrogens is 271 g/mol. The molecule has 13 heavy (non-hydrogen) atoms. The van der Waals surface area contributed by atoms with Gasteiger partial charge >= 0.3 is 23.1 Å². The monoisotopic (exact) mass is 270 g/mol. The minimum atomic E-state index is -2.17. The fraction of sp³-hybridized carbons (Fsp3) is 0. The summed E-state index contributed by atoms with van der Waals surface area (Å²) in [6, 6.07) is 1.02. The molecule has 0 saturated carbocycles. The van der Waals surface area contributed by atoms with Gasteiger partial charge in [-0.05, 0) is 0 Å². The van der Waals surface area contributed by atoms with E-state index in [1.54, 1.807) is 0 Å². The Kier molecular flexibility index (Phi) is 6.91. The molecule has 0 fully saturated rings. The standard InChI is InChI=1S/C6F5.BrH.Mg/c7-2-1-3(8)5(10)6(11)4(2)9;;/h;1H;/q-1;;+2/p-1. The Morgan fingerprint density at radius 2 is 1.00 bits per heavy atom. The summed E-state index contributed by atoms with van der Waals surface area (Å²) in [5.41, 5.74) is 0. The average molecular weight is 271 g/mol. The Morgan fingerprint density at radius 3 is 1.31 bits per heavy atom. The Labute approximate surface area is 97.0 Å². The van der Waals surface area contributed by atoms with Crippen LogP contribution in [0, 0.1) is 35.2 Å². The van der Waals surface area contributed by atoms with Crippen LogP contribution in [0.3, 0.4) is 0 Å². The van der Waals surface area contributed by atoms with Crippen molar-refractivity contribution in [2.75, 3.05) is 0 Å². The van der Waals surface area contributed by atoms with Gasteiger partial charge in [0.2, 0.25) is 0 Å². The Morgan fingerprint density at radius 1 is 0.692 bits per heavy atom. The Hall–Kier alpha value is 0.116. The molecule has 1 aromatic carbocycles. The maximum absolute atomic E-state index is 12.0. The van der Waals surface area contributed by atoms with Crippen molar-refractivity contribution in [2.45, 2.75) is 0 Å². The summed E-state index contributed by atoms with van der Waals surface area (Å²) in [4.78, 5) is 0. The van der Waals surface area contributed by atoms with Crippen LogP contribution in [-0.2, 0) is 0 Å². The second-order valence-corrected chi connectivity index (χ2v) is 1.69. The predicted octanol–water partition coefficient (Wildman–Crippen LogP) is -1.19. The minimum Gasteiger partial charge on any atom is -1.00 e. The van der Waals surface area contributed by atoms with E-state index < -0.39 is 29.1 Å². The van der Waals surface area contributed by atoms with Gasteiger partial charge in [-0.25, -0.2) is 13.2 Å². The van der Waals surface area contributed by atoms with E-state index in [9.17, 15) is 22.0 Å². The van der Waals surface area contributed by atoms with Crippen molar-refractivity contribution in [1.29, 1.82) is 0 Å². The SMILES string of the molecule is Fc1[c-]c(F)c(F)c(F)c1F.[Br-].[Mg+2]. The van der Waals surface area contributed by atoms with Crippen molar-refractivity contribution in [2.24, 2.45) is 0 Å². The first kappa shape index (κ1) is 15.6. The molecule has 0 amide bonds. The molecule has 7 heteroatoms. The zero-order valence-electron chi connectivity index (χ0n) is 5.97. The van der Waals surface area contributed by atoms with Crippen molar-refractivity contribution in [1.82, 2.24) is 0 Å². The molecule has 0 aliphatic carbocycles. The fourth-order valence-corrected chi connectivity index (χ4v) is 0.495. The van der Waals surface area contributed by atoms with Gasteiger partial charge in [0.15, 0.2) is 0 Å². The van der Waals surface area contributed by atoms with Crippen LogP contribution < -0.4 is 17.0 Å². The van der Waals surface area contributed by atoms with E-state index in [0.717, 1.165) is 6.07 Å². The summed E-state index contributed by atoms with van der Waals surface area (Å²) in [5.74, 6) is -10.0. The summed E-state index contributed by atoms with van der Waals surface area (Å²) >= 11 is 0. The van der Waals surface area contributed by atoms with E-state index in [4.69, 9.17) is 0 Å². The molecule has 0 spiro atoms. The van der Waals surface area contributed by atoms with Crippen molar-refractivity contribution >= 4 is 23.1 Å². The van der Waals surface area contributed by atoms with Gasteiger partial charge in [0.25, 0.3) is 0 Å². The van der Waals surface area contributed by atoms with Crippen LogP contribution >= 0.6 is 0 Å². The molecule has 0 nitrogen and oxygen atoms in total. The minimum absolute atomic E-state index is 0. The first-order valence-corrected chi connectivity index (χ1v) is 2.44. The largest absolute Gasteiger partial charge is 2.00 e. The van der Waals surface area contributed by atoms with Crippen LogP contribution in [-0.4, -0.2) is 23.1 Å². The third kappa shape index (κ3) is 3.06. The molecule has 0 aromatic heterocycles. The summed E-state index contributed by atoms with van der Waals surface area (Å²) in [6.07, 6.45) is 0. The van der Waals surface area contributed by atoms with Crippen LogP contribution in [0.1, 0.15) is 0 Å². The van der Waals surface area contributed by atoms with E-state index in [2.05, 4.69) is 0 Å². The van der Waals surface area contributed by atoms with Crippen LogP contribution in [0.25, 0.3) is 0 Å². The molecule has 0 radical (unpaired) electrons. The zero-order chi connectivity index (χ0) is 8.59. The molecule has 0 aliphatic heterocycles. The van der Waals surface area contributed by atoms with Crippen molar-refractivity contribution in [3.63, 3.8) is 0 Å². The second kappa shape index (κ2) is 5.76. The van der Waals surface area contributed by atoms with E-state index in [-0.39, 0.29) is 40.0 Å². The first-order chi connectivity index (χ1) is 5.04. The summed E-state index contributed by atoms with van der Waals surface area (Å²) < 4.78 is 59.9.